The number of methoxy groups -OCH3 is 1. The van der Waals surface area contributed by atoms with Crippen LogP contribution in [0.3, 0.4) is 0 Å². The summed E-state index contributed by atoms with van der Waals surface area (Å²) in [5.74, 6) is -1.57. The molecule has 0 saturated carbocycles. The van der Waals surface area contributed by atoms with Gasteiger partial charge in [-0.2, -0.15) is 0 Å². The quantitative estimate of drug-likeness (QED) is 0.575. The van der Waals surface area contributed by atoms with Crippen LogP contribution in [0.25, 0.3) is 0 Å². The molecule has 76 valence electrons. The number of hydrogen-bond donors (Lipinski definition) is 0. The average Bonchev–Trinajstić information content (AvgIpc) is 2.19. The van der Waals surface area contributed by atoms with Crippen molar-refractivity contribution in [1.82, 2.24) is 0 Å². The van der Waals surface area contributed by atoms with Crippen molar-refractivity contribution in [2.45, 2.75) is 4.90 Å². The molecular weight excluding hydrogens is 210 g/mol. The van der Waals surface area contributed by atoms with E-state index in [1.807, 2.05) is 0 Å². The van der Waals surface area contributed by atoms with Crippen molar-refractivity contribution in [3.05, 3.63) is 29.8 Å². The second-order valence-corrected chi connectivity index (χ2v) is 3.46. The molecular formula is C9H8F2O2S. The minimum absolute atomic E-state index is 0.0309. The highest BCUT2D eigenvalue weighted by atomic mass is 32.2. The van der Waals surface area contributed by atoms with E-state index in [1.165, 1.54) is 7.11 Å². The fourth-order valence-corrected chi connectivity index (χ4v) is 1.58. The van der Waals surface area contributed by atoms with E-state index in [9.17, 15) is 13.6 Å². The minimum atomic E-state index is -0.541. The molecule has 0 unspecified atom stereocenters. The predicted octanol–water partition coefficient (Wildman–Crippen LogP) is 2.23. The molecule has 0 heterocycles. The van der Waals surface area contributed by atoms with Crippen molar-refractivity contribution < 1.29 is 18.3 Å². The van der Waals surface area contributed by atoms with Crippen LogP contribution in [0.1, 0.15) is 0 Å². The van der Waals surface area contributed by atoms with E-state index in [4.69, 9.17) is 0 Å². The summed E-state index contributed by atoms with van der Waals surface area (Å²) in [7, 11) is 1.24. The monoisotopic (exact) mass is 218 g/mol. The molecule has 0 aliphatic rings. The van der Waals surface area contributed by atoms with Crippen molar-refractivity contribution >= 4 is 17.7 Å². The molecule has 1 aromatic carbocycles. The van der Waals surface area contributed by atoms with Gasteiger partial charge in [-0.05, 0) is 18.2 Å². The Morgan fingerprint density at radius 3 is 2.86 bits per heavy atom. The number of hydrogen-bond acceptors (Lipinski definition) is 3. The lowest BCUT2D eigenvalue weighted by atomic mass is 10.3. The molecule has 5 heteroatoms. The highest BCUT2D eigenvalue weighted by Crippen LogP contribution is 2.22. The molecule has 14 heavy (non-hydrogen) atoms. The van der Waals surface area contributed by atoms with Crippen LogP contribution < -0.4 is 0 Å². The zero-order valence-corrected chi connectivity index (χ0v) is 8.24. The molecule has 0 fully saturated rings. The van der Waals surface area contributed by atoms with Crippen LogP contribution in [0.4, 0.5) is 8.78 Å². The van der Waals surface area contributed by atoms with Gasteiger partial charge in [-0.1, -0.05) is 0 Å². The Labute approximate surface area is 84.3 Å². The zero-order valence-electron chi connectivity index (χ0n) is 7.42. The summed E-state index contributed by atoms with van der Waals surface area (Å²) in [6.45, 7) is 0. The first kappa shape index (κ1) is 11.0. The Kier molecular flexibility index (Phi) is 3.88. The maximum atomic E-state index is 13.0. The maximum absolute atomic E-state index is 13.0. The number of esters is 1. The first-order chi connectivity index (χ1) is 6.63. The highest BCUT2D eigenvalue weighted by Gasteiger charge is 2.07. The van der Waals surface area contributed by atoms with Crippen LogP contribution in [-0.2, 0) is 9.53 Å². The number of carbonyl (C=O) groups excluding carboxylic acids is 1. The normalized spacial score (nSPS) is 9.93. The lowest BCUT2D eigenvalue weighted by Crippen LogP contribution is -2.03. The zero-order chi connectivity index (χ0) is 10.6. The van der Waals surface area contributed by atoms with E-state index in [1.54, 1.807) is 0 Å². The van der Waals surface area contributed by atoms with Crippen LogP contribution in [0.2, 0.25) is 0 Å². The predicted molar refractivity (Wildman–Crippen MR) is 49.1 cm³/mol. The third-order valence-corrected chi connectivity index (χ3v) is 2.47. The molecule has 0 aliphatic carbocycles. The Hall–Kier alpha value is -1.10. The van der Waals surface area contributed by atoms with Gasteiger partial charge in [-0.15, -0.1) is 11.8 Å². The maximum Gasteiger partial charge on any atom is 0.315 e. The summed E-state index contributed by atoms with van der Waals surface area (Å²) in [6.07, 6.45) is 0. The van der Waals surface area contributed by atoms with Gasteiger partial charge in [0.1, 0.15) is 11.6 Å². The topological polar surface area (TPSA) is 26.3 Å². The largest absolute Gasteiger partial charge is 0.468 e. The van der Waals surface area contributed by atoms with Gasteiger partial charge in [0.15, 0.2) is 0 Å². The SMILES string of the molecule is COC(=O)CSc1cc(F)ccc1F. The van der Waals surface area contributed by atoms with E-state index < -0.39 is 17.6 Å². The van der Waals surface area contributed by atoms with Crippen LogP contribution in [0.15, 0.2) is 23.1 Å². The average molecular weight is 218 g/mol. The van der Waals surface area contributed by atoms with E-state index in [0.717, 1.165) is 30.0 Å². The van der Waals surface area contributed by atoms with Gasteiger partial charge >= 0.3 is 5.97 Å². The molecule has 1 aromatic rings. The molecule has 0 N–H and O–H groups in total. The van der Waals surface area contributed by atoms with Crippen LogP contribution in [-0.4, -0.2) is 18.8 Å². The van der Waals surface area contributed by atoms with Crippen LogP contribution >= 0.6 is 11.8 Å². The van der Waals surface area contributed by atoms with Gasteiger partial charge in [-0.25, -0.2) is 8.78 Å². The van der Waals surface area contributed by atoms with Crippen molar-refractivity contribution in [3.8, 4) is 0 Å². The minimum Gasteiger partial charge on any atom is -0.468 e. The van der Waals surface area contributed by atoms with E-state index in [-0.39, 0.29) is 10.6 Å². The molecule has 0 amide bonds. The van der Waals surface area contributed by atoms with Crippen molar-refractivity contribution in [1.29, 1.82) is 0 Å². The van der Waals surface area contributed by atoms with Gasteiger partial charge in [0.05, 0.1) is 12.9 Å². The van der Waals surface area contributed by atoms with Gasteiger partial charge in [0, 0.05) is 4.90 Å². The molecule has 0 bridgehead atoms. The van der Waals surface area contributed by atoms with Crippen molar-refractivity contribution in [3.63, 3.8) is 0 Å². The second-order valence-electron chi connectivity index (χ2n) is 2.44. The first-order valence-electron chi connectivity index (χ1n) is 3.78. The summed E-state index contributed by atoms with van der Waals surface area (Å²) in [4.78, 5) is 10.8. The summed E-state index contributed by atoms with van der Waals surface area (Å²) in [5.41, 5.74) is 0. The molecule has 0 saturated heterocycles. The smallest absolute Gasteiger partial charge is 0.315 e. The Bertz CT molecular complexity index is 342. The van der Waals surface area contributed by atoms with E-state index in [0.29, 0.717) is 0 Å². The van der Waals surface area contributed by atoms with Crippen LogP contribution in [0.5, 0.6) is 0 Å². The number of halogens is 2. The molecule has 2 nitrogen and oxygen atoms in total. The Balaban J connectivity index is 2.66. The lowest BCUT2D eigenvalue weighted by molar-refractivity contribution is -0.137. The van der Waals surface area contributed by atoms with Crippen molar-refractivity contribution in [2.24, 2.45) is 0 Å². The van der Waals surface area contributed by atoms with Gasteiger partial charge in [0.2, 0.25) is 0 Å². The molecule has 0 aliphatic heterocycles. The third-order valence-electron chi connectivity index (χ3n) is 1.47. The number of rotatable bonds is 3. The Morgan fingerprint density at radius 1 is 1.50 bits per heavy atom. The second kappa shape index (κ2) is 4.95. The van der Waals surface area contributed by atoms with Gasteiger partial charge in [0.25, 0.3) is 0 Å². The first-order valence-corrected chi connectivity index (χ1v) is 4.76. The van der Waals surface area contributed by atoms with Crippen LogP contribution in [0, 0.1) is 11.6 Å². The Morgan fingerprint density at radius 2 is 2.21 bits per heavy atom. The number of ether oxygens (including phenoxy) is 1. The molecule has 0 atom stereocenters. The molecule has 1 rings (SSSR count). The molecule has 0 aromatic heterocycles. The summed E-state index contributed by atoms with van der Waals surface area (Å²) in [6, 6.07) is 3.09. The summed E-state index contributed by atoms with van der Waals surface area (Å²) in [5, 5.41) is 0. The fourth-order valence-electron chi connectivity index (χ4n) is 0.783. The van der Waals surface area contributed by atoms with E-state index >= 15 is 0 Å². The lowest BCUT2D eigenvalue weighted by Gasteiger charge is -2.01. The number of benzene rings is 1. The fraction of sp³-hybridized carbons (Fsp3) is 0.222. The number of carbonyl (C=O) groups is 1. The van der Waals surface area contributed by atoms with Gasteiger partial charge in [-0.3, -0.25) is 4.79 Å². The van der Waals surface area contributed by atoms with E-state index in [2.05, 4.69) is 4.74 Å². The molecule has 0 spiro atoms. The molecule has 0 radical (unpaired) electrons. The number of thioether (sulfide) groups is 1. The highest BCUT2D eigenvalue weighted by molar-refractivity contribution is 8.00. The summed E-state index contributed by atoms with van der Waals surface area (Å²) < 4.78 is 30.0. The third kappa shape index (κ3) is 2.99. The van der Waals surface area contributed by atoms with Gasteiger partial charge < -0.3 is 4.74 Å². The summed E-state index contributed by atoms with van der Waals surface area (Å²) >= 11 is 0.904. The van der Waals surface area contributed by atoms with Crippen molar-refractivity contribution in [2.75, 3.05) is 12.9 Å². The standard InChI is InChI=1S/C9H8F2O2S/c1-13-9(12)5-14-8-4-6(10)2-3-7(8)11/h2-4H,5H2,1H3.